The summed E-state index contributed by atoms with van der Waals surface area (Å²) < 4.78 is 0. The minimum Gasteiger partial charge on any atom is -0.303 e. The number of aryl methyl sites for hydroxylation is 2. The second-order valence-electron chi connectivity index (χ2n) is 7.20. The fourth-order valence-corrected chi connectivity index (χ4v) is 3.34. The maximum absolute atomic E-state index is 12.0. The number of carbonyl (C=O) groups is 1. The van der Waals surface area contributed by atoms with Crippen molar-refractivity contribution in [3.8, 4) is 0 Å². The second kappa shape index (κ2) is 9.12. The van der Waals surface area contributed by atoms with Gasteiger partial charge in [-0.3, -0.25) is 0 Å². The maximum Gasteiger partial charge on any atom is 0.126 e. The highest BCUT2D eigenvalue weighted by Crippen LogP contribution is 2.37. The average Bonchev–Trinajstić information content (AvgIpc) is 2.51. The van der Waals surface area contributed by atoms with Crippen molar-refractivity contribution in [3.63, 3.8) is 0 Å². The van der Waals surface area contributed by atoms with Crippen molar-refractivity contribution >= 4 is 6.29 Å². The van der Waals surface area contributed by atoms with Crippen molar-refractivity contribution in [2.24, 2.45) is 11.3 Å². The molecule has 1 nitrogen and oxygen atoms in total. The first-order valence-electron chi connectivity index (χ1n) is 8.99. The molecule has 0 N–H and O–H groups in total. The van der Waals surface area contributed by atoms with E-state index in [-0.39, 0.29) is 5.41 Å². The molecule has 0 heterocycles. The van der Waals surface area contributed by atoms with E-state index >= 15 is 0 Å². The van der Waals surface area contributed by atoms with Crippen molar-refractivity contribution in [1.29, 1.82) is 0 Å². The fourth-order valence-electron chi connectivity index (χ4n) is 3.34. The SMILES string of the molecule is CCCCC(CCCC)C(C)(C=O)Cc1ccc(C)c(C)c1. The first kappa shape index (κ1) is 18.9. The molecule has 1 atom stereocenters. The summed E-state index contributed by atoms with van der Waals surface area (Å²) in [5.41, 5.74) is 3.72. The van der Waals surface area contributed by atoms with Gasteiger partial charge in [-0.2, -0.15) is 0 Å². The Morgan fingerprint density at radius 2 is 1.64 bits per heavy atom. The molecule has 1 rings (SSSR count). The van der Waals surface area contributed by atoms with E-state index in [4.69, 9.17) is 0 Å². The second-order valence-corrected chi connectivity index (χ2v) is 7.20. The van der Waals surface area contributed by atoms with Gasteiger partial charge in [-0.25, -0.2) is 0 Å². The molecule has 0 aliphatic heterocycles. The molecule has 0 bridgehead atoms. The molecule has 0 fully saturated rings. The molecule has 0 aliphatic carbocycles. The van der Waals surface area contributed by atoms with E-state index in [0.29, 0.717) is 5.92 Å². The van der Waals surface area contributed by atoms with Gasteiger partial charge < -0.3 is 4.79 Å². The van der Waals surface area contributed by atoms with E-state index in [2.05, 4.69) is 52.8 Å². The van der Waals surface area contributed by atoms with Crippen LogP contribution >= 0.6 is 0 Å². The highest BCUT2D eigenvalue weighted by molar-refractivity contribution is 5.60. The zero-order valence-electron chi connectivity index (χ0n) is 15.2. The average molecular weight is 303 g/mol. The van der Waals surface area contributed by atoms with Crippen molar-refractivity contribution in [2.45, 2.75) is 79.6 Å². The minimum atomic E-state index is -0.230. The zero-order valence-corrected chi connectivity index (χ0v) is 15.2. The summed E-state index contributed by atoms with van der Waals surface area (Å²) in [5, 5.41) is 0. The summed E-state index contributed by atoms with van der Waals surface area (Å²) in [6, 6.07) is 6.64. The molecular formula is C21H34O. The Labute approximate surface area is 137 Å². The van der Waals surface area contributed by atoms with Crippen molar-refractivity contribution in [1.82, 2.24) is 0 Å². The number of rotatable bonds is 10. The van der Waals surface area contributed by atoms with Crippen LogP contribution in [0.5, 0.6) is 0 Å². The van der Waals surface area contributed by atoms with Crippen LogP contribution in [-0.2, 0) is 11.2 Å². The summed E-state index contributed by atoms with van der Waals surface area (Å²) >= 11 is 0. The van der Waals surface area contributed by atoms with E-state index in [9.17, 15) is 4.79 Å². The van der Waals surface area contributed by atoms with E-state index in [1.54, 1.807) is 0 Å². The molecule has 22 heavy (non-hydrogen) atoms. The lowest BCUT2D eigenvalue weighted by Crippen LogP contribution is -2.32. The third-order valence-corrected chi connectivity index (χ3v) is 5.17. The van der Waals surface area contributed by atoms with Crippen LogP contribution in [0.2, 0.25) is 0 Å². The summed E-state index contributed by atoms with van der Waals surface area (Å²) in [7, 11) is 0. The van der Waals surface area contributed by atoms with Crippen LogP contribution in [0.25, 0.3) is 0 Å². The number of hydrogen-bond acceptors (Lipinski definition) is 1. The monoisotopic (exact) mass is 302 g/mol. The molecule has 0 saturated carbocycles. The molecule has 0 aliphatic rings. The Balaban J connectivity index is 2.93. The molecule has 1 unspecified atom stereocenters. The molecule has 1 aromatic rings. The molecule has 0 spiro atoms. The Bertz CT molecular complexity index is 455. The van der Waals surface area contributed by atoms with Crippen LogP contribution in [0, 0.1) is 25.2 Å². The first-order chi connectivity index (χ1) is 10.5. The van der Waals surface area contributed by atoms with Crippen molar-refractivity contribution in [3.05, 3.63) is 34.9 Å². The van der Waals surface area contributed by atoms with Gasteiger partial charge in [0.15, 0.2) is 0 Å². The number of aldehydes is 1. The molecule has 0 aromatic heterocycles. The minimum absolute atomic E-state index is 0.230. The van der Waals surface area contributed by atoms with Crippen molar-refractivity contribution in [2.75, 3.05) is 0 Å². The van der Waals surface area contributed by atoms with Crippen LogP contribution in [0.1, 0.15) is 76.0 Å². The summed E-state index contributed by atoms with van der Waals surface area (Å²) in [6.45, 7) is 10.9. The normalized spacial score (nSPS) is 14.1. The van der Waals surface area contributed by atoms with Crippen LogP contribution < -0.4 is 0 Å². The largest absolute Gasteiger partial charge is 0.303 e. The topological polar surface area (TPSA) is 17.1 Å². The summed E-state index contributed by atoms with van der Waals surface area (Å²) in [4.78, 5) is 12.0. The molecule has 0 radical (unpaired) electrons. The van der Waals surface area contributed by atoms with Crippen molar-refractivity contribution < 1.29 is 4.79 Å². The van der Waals surface area contributed by atoms with Gasteiger partial charge in [0.1, 0.15) is 6.29 Å². The third kappa shape index (κ3) is 5.26. The fraction of sp³-hybridized carbons (Fsp3) is 0.667. The number of hydrogen-bond donors (Lipinski definition) is 0. The first-order valence-corrected chi connectivity index (χ1v) is 8.99. The predicted molar refractivity (Wildman–Crippen MR) is 96.3 cm³/mol. The van der Waals surface area contributed by atoms with E-state index in [1.807, 2.05) is 0 Å². The Morgan fingerprint density at radius 3 is 2.09 bits per heavy atom. The molecule has 0 amide bonds. The molecule has 1 aromatic carbocycles. The van der Waals surface area contributed by atoms with Gasteiger partial charge >= 0.3 is 0 Å². The van der Waals surface area contributed by atoms with Crippen LogP contribution in [0.3, 0.4) is 0 Å². The van der Waals surface area contributed by atoms with Gasteiger partial charge in [0, 0.05) is 5.41 Å². The smallest absolute Gasteiger partial charge is 0.126 e. The van der Waals surface area contributed by atoms with Gasteiger partial charge in [0.2, 0.25) is 0 Å². The van der Waals surface area contributed by atoms with Crippen LogP contribution in [0.15, 0.2) is 18.2 Å². The number of unbranched alkanes of at least 4 members (excludes halogenated alkanes) is 2. The van der Waals surface area contributed by atoms with Crippen LogP contribution in [-0.4, -0.2) is 6.29 Å². The summed E-state index contributed by atoms with van der Waals surface area (Å²) in [5.74, 6) is 0.506. The third-order valence-electron chi connectivity index (χ3n) is 5.17. The predicted octanol–water partition coefficient (Wildman–Crippen LogP) is 6.05. The van der Waals surface area contributed by atoms with Crippen LogP contribution in [0.4, 0.5) is 0 Å². The molecule has 1 heteroatoms. The Kier molecular flexibility index (Phi) is 7.85. The Morgan fingerprint density at radius 1 is 1.05 bits per heavy atom. The quantitative estimate of drug-likeness (QED) is 0.481. The number of benzene rings is 1. The van der Waals surface area contributed by atoms with Gasteiger partial charge in [-0.1, -0.05) is 64.7 Å². The molecular weight excluding hydrogens is 268 g/mol. The lowest BCUT2D eigenvalue weighted by Gasteiger charge is -2.33. The van der Waals surface area contributed by atoms with Gasteiger partial charge in [-0.15, -0.1) is 0 Å². The van der Waals surface area contributed by atoms with Gasteiger partial charge in [-0.05, 0) is 55.7 Å². The van der Waals surface area contributed by atoms with Gasteiger partial charge in [0.25, 0.3) is 0 Å². The Hall–Kier alpha value is -1.11. The standard InChI is InChI=1S/C21H34O/c1-6-8-10-20(11-9-7-2)21(5,16-22)15-19-13-12-17(3)18(4)14-19/h12-14,16,20H,6-11,15H2,1-5H3. The van der Waals surface area contributed by atoms with E-state index in [0.717, 1.165) is 6.42 Å². The van der Waals surface area contributed by atoms with E-state index in [1.165, 1.54) is 61.5 Å². The molecule has 0 saturated heterocycles. The zero-order chi connectivity index (χ0) is 16.6. The lowest BCUT2D eigenvalue weighted by atomic mass is 9.69. The highest BCUT2D eigenvalue weighted by Gasteiger charge is 2.33. The van der Waals surface area contributed by atoms with Gasteiger partial charge in [0.05, 0.1) is 0 Å². The number of carbonyl (C=O) groups excluding carboxylic acids is 1. The lowest BCUT2D eigenvalue weighted by molar-refractivity contribution is -0.118. The van der Waals surface area contributed by atoms with E-state index < -0.39 is 0 Å². The summed E-state index contributed by atoms with van der Waals surface area (Å²) in [6.07, 6.45) is 9.33. The maximum atomic E-state index is 12.0. The highest BCUT2D eigenvalue weighted by atomic mass is 16.1. The molecule has 124 valence electrons.